The molecule has 3 amide bonds. The summed E-state index contributed by atoms with van der Waals surface area (Å²) in [5.41, 5.74) is -0.951. The number of rotatable bonds is 3. The van der Waals surface area contributed by atoms with Gasteiger partial charge in [0.1, 0.15) is 6.04 Å². The zero-order chi connectivity index (χ0) is 15.7. The molecule has 9 nitrogen and oxygen atoms in total. The molecule has 0 aromatic heterocycles. The quantitative estimate of drug-likeness (QED) is 0.450. The molecule has 1 aliphatic heterocycles. The van der Waals surface area contributed by atoms with Crippen molar-refractivity contribution in [1.82, 2.24) is 10.2 Å². The van der Waals surface area contributed by atoms with Crippen molar-refractivity contribution in [3.8, 4) is 5.75 Å². The van der Waals surface area contributed by atoms with E-state index in [0.29, 0.717) is 0 Å². The summed E-state index contributed by atoms with van der Waals surface area (Å²) in [5.74, 6) is -2.66. The largest absolute Gasteiger partial charge is 0.502 e. The summed E-state index contributed by atoms with van der Waals surface area (Å²) < 4.78 is 0. The van der Waals surface area contributed by atoms with Crippen LogP contribution in [0.25, 0.3) is 0 Å². The maximum atomic E-state index is 12.0. The summed E-state index contributed by atoms with van der Waals surface area (Å²) in [4.78, 5) is 45.7. The average Bonchev–Trinajstić information content (AvgIpc) is 2.66. The second-order valence-electron chi connectivity index (χ2n) is 4.45. The van der Waals surface area contributed by atoms with E-state index in [9.17, 15) is 29.6 Å². The Morgan fingerprint density at radius 2 is 2.14 bits per heavy atom. The molecular weight excluding hydrogens is 282 g/mol. The van der Waals surface area contributed by atoms with Gasteiger partial charge in [-0.2, -0.15) is 0 Å². The van der Waals surface area contributed by atoms with Gasteiger partial charge >= 0.3 is 5.69 Å². The molecule has 1 atom stereocenters. The Kier molecular flexibility index (Phi) is 3.57. The minimum Gasteiger partial charge on any atom is -0.502 e. The zero-order valence-electron chi connectivity index (χ0n) is 10.9. The minimum atomic E-state index is -1.03. The van der Waals surface area contributed by atoms with Gasteiger partial charge in [-0.05, 0) is 6.07 Å². The van der Waals surface area contributed by atoms with E-state index in [4.69, 9.17) is 0 Å². The summed E-state index contributed by atoms with van der Waals surface area (Å²) in [6, 6.07) is 2.43. The Bertz CT molecular complexity index is 656. The van der Waals surface area contributed by atoms with Gasteiger partial charge in [0.2, 0.25) is 11.7 Å². The van der Waals surface area contributed by atoms with E-state index >= 15 is 0 Å². The number of carbonyl (C=O) groups is 3. The van der Waals surface area contributed by atoms with Crippen LogP contribution in [0.4, 0.5) is 5.69 Å². The number of amides is 3. The van der Waals surface area contributed by atoms with Gasteiger partial charge in [-0.15, -0.1) is 0 Å². The maximum Gasteiger partial charge on any atom is 0.311 e. The van der Waals surface area contributed by atoms with E-state index in [1.54, 1.807) is 0 Å². The summed E-state index contributed by atoms with van der Waals surface area (Å²) in [6.07, 6.45) is -0.184. The highest BCUT2D eigenvalue weighted by Crippen LogP contribution is 2.29. The van der Waals surface area contributed by atoms with Crippen molar-refractivity contribution < 1.29 is 24.4 Å². The van der Waals surface area contributed by atoms with Crippen LogP contribution in [0.5, 0.6) is 5.75 Å². The lowest BCUT2D eigenvalue weighted by molar-refractivity contribution is -0.385. The third-order valence-corrected chi connectivity index (χ3v) is 3.14. The molecular formula is C12H11N3O6. The predicted molar refractivity (Wildman–Crippen MR) is 68.4 cm³/mol. The number of aromatic hydroxyl groups is 1. The van der Waals surface area contributed by atoms with Gasteiger partial charge in [0.25, 0.3) is 11.8 Å². The molecule has 1 saturated heterocycles. The van der Waals surface area contributed by atoms with Crippen LogP contribution >= 0.6 is 0 Å². The van der Waals surface area contributed by atoms with Gasteiger partial charge in [0, 0.05) is 13.1 Å². The first-order chi connectivity index (χ1) is 9.82. The number of carbonyl (C=O) groups excluding carboxylic acids is 3. The molecule has 1 heterocycles. The number of benzene rings is 1. The number of likely N-dealkylation sites (tertiary alicyclic amines) is 1. The Balaban J connectivity index is 2.22. The van der Waals surface area contributed by atoms with Crippen molar-refractivity contribution >= 4 is 23.4 Å². The first kappa shape index (κ1) is 14.4. The summed E-state index contributed by atoms with van der Waals surface area (Å²) in [7, 11) is 1.29. The molecule has 0 bridgehead atoms. The summed E-state index contributed by atoms with van der Waals surface area (Å²) in [5, 5.41) is 22.7. The number of imide groups is 1. The molecule has 1 fully saturated rings. The van der Waals surface area contributed by atoms with Gasteiger partial charge in [-0.25, -0.2) is 0 Å². The minimum absolute atomic E-state index is 0.184. The molecule has 0 spiro atoms. The number of nitro benzene ring substituents is 1. The number of phenolic OH excluding ortho intramolecular Hbond substituents is 1. The molecule has 1 unspecified atom stereocenters. The summed E-state index contributed by atoms with van der Waals surface area (Å²) in [6.45, 7) is 0. The highest BCUT2D eigenvalue weighted by molar-refractivity contribution is 6.08. The number of nitrogens with zero attached hydrogens (tertiary/aromatic N) is 2. The van der Waals surface area contributed by atoms with Gasteiger partial charge in [-0.1, -0.05) is 6.07 Å². The van der Waals surface area contributed by atoms with Crippen LogP contribution in [0, 0.1) is 10.1 Å². The van der Waals surface area contributed by atoms with Crippen molar-refractivity contribution in [3.63, 3.8) is 0 Å². The van der Waals surface area contributed by atoms with Crippen LogP contribution in [-0.2, 0) is 9.59 Å². The SMILES string of the molecule is CN1C(=O)CC(NC(=O)c2cccc([N+](=O)[O-])c2O)C1=O. The molecule has 0 aliphatic carbocycles. The average molecular weight is 293 g/mol. The Hall–Kier alpha value is -2.97. The fourth-order valence-electron chi connectivity index (χ4n) is 1.97. The van der Waals surface area contributed by atoms with Crippen LogP contribution < -0.4 is 5.32 Å². The highest BCUT2D eigenvalue weighted by Gasteiger charge is 2.37. The third kappa shape index (κ3) is 2.53. The molecule has 0 saturated carbocycles. The number of hydrogen-bond acceptors (Lipinski definition) is 6. The second kappa shape index (κ2) is 5.19. The Labute approximate surface area is 118 Å². The van der Waals surface area contributed by atoms with Crippen LogP contribution in [0.1, 0.15) is 16.8 Å². The molecule has 1 aromatic carbocycles. The topological polar surface area (TPSA) is 130 Å². The Morgan fingerprint density at radius 3 is 2.67 bits per heavy atom. The lowest BCUT2D eigenvalue weighted by Crippen LogP contribution is -2.40. The van der Waals surface area contributed by atoms with E-state index in [2.05, 4.69) is 5.32 Å². The Morgan fingerprint density at radius 1 is 1.48 bits per heavy atom. The van der Waals surface area contributed by atoms with E-state index in [1.807, 2.05) is 0 Å². The van der Waals surface area contributed by atoms with Crippen LogP contribution in [-0.4, -0.2) is 45.7 Å². The molecule has 2 N–H and O–H groups in total. The number of phenols is 1. The normalized spacial score (nSPS) is 18.0. The van der Waals surface area contributed by atoms with E-state index in [-0.39, 0.29) is 12.0 Å². The van der Waals surface area contributed by atoms with Gasteiger partial charge in [-0.3, -0.25) is 29.4 Å². The van der Waals surface area contributed by atoms with E-state index in [0.717, 1.165) is 11.0 Å². The first-order valence-corrected chi connectivity index (χ1v) is 5.90. The van der Waals surface area contributed by atoms with Gasteiger partial charge < -0.3 is 10.4 Å². The molecule has 2 rings (SSSR count). The zero-order valence-corrected chi connectivity index (χ0v) is 10.9. The predicted octanol–water partition coefficient (Wildman–Crippen LogP) is -0.213. The van der Waals surface area contributed by atoms with Crippen molar-refractivity contribution in [1.29, 1.82) is 0 Å². The number of nitrogens with one attached hydrogen (secondary N) is 1. The molecule has 9 heteroatoms. The lowest BCUT2D eigenvalue weighted by atomic mass is 10.1. The molecule has 0 radical (unpaired) electrons. The fourth-order valence-corrected chi connectivity index (χ4v) is 1.97. The molecule has 110 valence electrons. The second-order valence-corrected chi connectivity index (χ2v) is 4.45. The lowest BCUT2D eigenvalue weighted by Gasteiger charge is -2.11. The van der Waals surface area contributed by atoms with Crippen LogP contribution in [0.3, 0.4) is 0 Å². The maximum absolute atomic E-state index is 12.0. The monoisotopic (exact) mass is 293 g/mol. The highest BCUT2D eigenvalue weighted by atomic mass is 16.6. The molecule has 1 aromatic rings. The van der Waals surface area contributed by atoms with E-state index in [1.165, 1.54) is 19.2 Å². The number of nitro groups is 1. The number of hydrogen-bond donors (Lipinski definition) is 2. The van der Waals surface area contributed by atoms with Gasteiger partial charge in [0.05, 0.1) is 16.9 Å². The summed E-state index contributed by atoms with van der Waals surface area (Å²) >= 11 is 0. The van der Waals surface area contributed by atoms with Crippen molar-refractivity contribution in [2.24, 2.45) is 0 Å². The van der Waals surface area contributed by atoms with E-state index < -0.39 is 40.1 Å². The van der Waals surface area contributed by atoms with Crippen molar-refractivity contribution in [2.45, 2.75) is 12.5 Å². The molecule has 1 aliphatic rings. The van der Waals surface area contributed by atoms with Gasteiger partial charge in [0.15, 0.2) is 0 Å². The number of para-hydroxylation sites is 1. The van der Waals surface area contributed by atoms with Crippen LogP contribution in [0.15, 0.2) is 18.2 Å². The molecule has 21 heavy (non-hydrogen) atoms. The standard InChI is InChI=1S/C12H11N3O6/c1-14-9(16)5-7(12(14)19)13-11(18)6-3-2-4-8(10(6)17)15(20)21/h2-4,7,17H,5H2,1H3,(H,13,18). The van der Waals surface area contributed by atoms with Crippen molar-refractivity contribution in [3.05, 3.63) is 33.9 Å². The first-order valence-electron chi connectivity index (χ1n) is 5.90. The number of likely N-dealkylation sites (N-methyl/N-ethyl adjacent to an activating group) is 1. The van der Waals surface area contributed by atoms with Crippen molar-refractivity contribution in [2.75, 3.05) is 7.05 Å². The smallest absolute Gasteiger partial charge is 0.311 e. The van der Waals surface area contributed by atoms with Crippen LogP contribution in [0.2, 0.25) is 0 Å². The fraction of sp³-hybridized carbons (Fsp3) is 0.250. The third-order valence-electron chi connectivity index (χ3n) is 3.14.